The van der Waals surface area contributed by atoms with E-state index in [4.69, 9.17) is 0 Å². The first kappa shape index (κ1) is 16.8. The summed E-state index contributed by atoms with van der Waals surface area (Å²) in [5.41, 5.74) is -0.835. The van der Waals surface area contributed by atoms with Crippen molar-refractivity contribution in [3.05, 3.63) is 92.5 Å². The molecule has 0 spiro atoms. The van der Waals surface area contributed by atoms with Crippen molar-refractivity contribution >= 4 is 0 Å². The summed E-state index contributed by atoms with van der Waals surface area (Å²) in [7, 11) is 0. The molecule has 2 aromatic carbocycles. The summed E-state index contributed by atoms with van der Waals surface area (Å²) in [5.74, 6) is -2.09. The van der Waals surface area contributed by atoms with Gasteiger partial charge in [0.15, 0.2) is 0 Å². The van der Waals surface area contributed by atoms with E-state index in [-0.39, 0.29) is 11.1 Å². The highest BCUT2D eigenvalue weighted by Gasteiger charge is 2.14. The smallest absolute Gasteiger partial charge is 0.293 e. The van der Waals surface area contributed by atoms with Crippen molar-refractivity contribution in [1.82, 2.24) is 9.55 Å². The van der Waals surface area contributed by atoms with E-state index in [2.05, 4.69) is 4.98 Å². The molecule has 0 amide bonds. The van der Waals surface area contributed by atoms with Crippen molar-refractivity contribution < 1.29 is 13.2 Å². The lowest BCUT2D eigenvalue weighted by atomic mass is 10.1. The molecule has 3 rings (SSSR count). The molecule has 0 saturated carbocycles. The van der Waals surface area contributed by atoms with Gasteiger partial charge in [-0.15, -0.1) is 0 Å². The zero-order chi connectivity index (χ0) is 18.1. The number of nitrogens with zero attached hydrogens (tertiary/aromatic N) is 1. The van der Waals surface area contributed by atoms with E-state index in [9.17, 15) is 22.8 Å². The average molecular weight is 346 g/mol. The molecule has 1 heterocycles. The highest BCUT2D eigenvalue weighted by Crippen LogP contribution is 2.21. The summed E-state index contributed by atoms with van der Waals surface area (Å²) >= 11 is 0. The van der Waals surface area contributed by atoms with E-state index in [1.165, 1.54) is 35.0 Å². The first-order valence-electron chi connectivity index (χ1n) is 7.42. The van der Waals surface area contributed by atoms with Crippen LogP contribution in [-0.4, -0.2) is 9.55 Å². The summed E-state index contributed by atoms with van der Waals surface area (Å²) < 4.78 is 41.1. The largest absolute Gasteiger partial charge is 0.328 e. The average Bonchev–Trinajstić information content (AvgIpc) is 2.54. The SMILES string of the molecule is CC(c1ccc(F)cc1)n1cc(-c2cc(F)cc(F)c2)c(=O)[nH]c1=O. The number of aromatic nitrogens is 2. The molecule has 0 aliphatic rings. The Bertz CT molecular complexity index is 1020. The van der Waals surface area contributed by atoms with Crippen LogP contribution in [0.2, 0.25) is 0 Å². The lowest BCUT2D eigenvalue weighted by Gasteiger charge is -2.16. The van der Waals surface area contributed by atoms with Gasteiger partial charge in [0.05, 0.1) is 11.6 Å². The second kappa shape index (κ2) is 6.43. The summed E-state index contributed by atoms with van der Waals surface area (Å²) in [5, 5.41) is 0. The molecule has 1 aromatic heterocycles. The number of hydrogen-bond acceptors (Lipinski definition) is 2. The van der Waals surface area contributed by atoms with Crippen LogP contribution in [0.5, 0.6) is 0 Å². The molecule has 0 saturated heterocycles. The van der Waals surface area contributed by atoms with E-state index >= 15 is 0 Å². The van der Waals surface area contributed by atoms with Crippen LogP contribution in [-0.2, 0) is 0 Å². The van der Waals surface area contributed by atoms with Crippen molar-refractivity contribution in [3.63, 3.8) is 0 Å². The first-order valence-corrected chi connectivity index (χ1v) is 7.42. The highest BCUT2D eigenvalue weighted by molar-refractivity contribution is 5.61. The third-order valence-corrected chi connectivity index (χ3v) is 3.91. The molecule has 1 unspecified atom stereocenters. The molecule has 4 nitrogen and oxygen atoms in total. The van der Waals surface area contributed by atoms with Gasteiger partial charge in [0.1, 0.15) is 17.5 Å². The molecule has 0 bridgehead atoms. The Morgan fingerprint density at radius 2 is 1.52 bits per heavy atom. The van der Waals surface area contributed by atoms with E-state index in [0.717, 1.165) is 12.1 Å². The summed E-state index contributed by atoms with van der Waals surface area (Å²) in [6.07, 6.45) is 1.24. The normalized spacial score (nSPS) is 12.2. The van der Waals surface area contributed by atoms with Crippen molar-refractivity contribution in [2.75, 3.05) is 0 Å². The molecule has 1 atom stereocenters. The van der Waals surface area contributed by atoms with Crippen molar-refractivity contribution in [2.24, 2.45) is 0 Å². The van der Waals surface area contributed by atoms with Gasteiger partial charge in [0.25, 0.3) is 5.56 Å². The van der Waals surface area contributed by atoms with Gasteiger partial charge < -0.3 is 0 Å². The van der Waals surface area contributed by atoms with E-state index in [1.54, 1.807) is 6.92 Å². The van der Waals surface area contributed by atoms with Crippen LogP contribution < -0.4 is 11.2 Å². The van der Waals surface area contributed by atoms with Crippen LogP contribution in [0.4, 0.5) is 13.2 Å². The topological polar surface area (TPSA) is 54.9 Å². The molecule has 0 fully saturated rings. The fourth-order valence-corrected chi connectivity index (χ4v) is 2.59. The van der Waals surface area contributed by atoms with Crippen LogP contribution in [0.3, 0.4) is 0 Å². The molecule has 3 aromatic rings. The Hall–Kier alpha value is -3.09. The maximum atomic E-state index is 13.4. The molecule has 0 aliphatic carbocycles. The molecule has 0 radical (unpaired) electrons. The highest BCUT2D eigenvalue weighted by atomic mass is 19.1. The van der Waals surface area contributed by atoms with Gasteiger partial charge in [-0.25, -0.2) is 18.0 Å². The molecule has 1 N–H and O–H groups in total. The Morgan fingerprint density at radius 3 is 2.12 bits per heavy atom. The third-order valence-electron chi connectivity index (χ3n) is 3.91. The molecular weight excluding hydrogens is 333 g/mol. The number of nitrogens with one attached hydrogen (secondary N) is 1. The number of aromatic amines is 1. The third kappa shape index (κ3) is 3.40. The van der Waals surface area contributed by atoms with Crippen molar-refractivity contribution in [2.45, 2.75) is 13.0 Å². The number of benzene rings is 2. The minimum absolute atomic E-state index is 0.0128. The van der Waals surface area contributed by atoms with Crippen LogP contribution in [0.25, 0.3) is 11.1 Å². The van der Waals surface area contributed by atoms with E-state index in [0.29, 0.717) is 11.6 Å². The minimum atomic E-state index is -0.835. The van der Waals surface area contributed by atoms with Crippen molar-refractivity contribution in [1.29, 1.82) is 0 Å². The van der Waals surface area contributed by atoms with Crippen LogP contribution >= 0.6 is 0 Å². The Balaban J connectivity index is 2.14. The Kier molecular flexibility index (Phi) is 4.31. The lowest BCUT2D eigenvalue weighted by Crippen LogP contribution is -2.32. The lowest BCUT2D eigenvalue weighted by molar-refractivity contribution is 0.582. The fourth-order valence-electron chi connectivity index (χ4n) is 2.59. The van der Waals surface area contributed by atoms with Gasteiger partial charge in [-0.3, -0.25) is 14.3 Å². The molecule has 128 valence electrons. The van der Waals surface area contributed by atoms with Gasteiger partial charge in [0, 0.05) is 12.3 Å². The summed E-state index contributed by atoms with van der Waals surface area (Å²) in [6, 6.07) is 7.71. The Morgan fingerprint density at radius 1 is 0.920 bits per heavy atom. The van der Waals surface area contributed by atoms with Gasteiger partial charge in [-0.2, -0.15) is 0 Å². The summed E-state index contributed by atoms with van der Waals surface area (Å²) in [6.45, 7) is 1.68. The molecule has 7 heteroatoms. The zero-order valence-corrected chi connectivity index (χ0v) is 13.1. The van der Waals surface area contributed by atoms with E-state index in [1.807, 2.05) is 0 Å². The zero-order valence-electron chi connectivity index (χ0n) is 13.1. The standard InChI is InChI=1S/C18H13F3N2O2/c1-10(11-2-4-13(19)5-3-11)23-9-16(17(24)22-18(23)25)12-6-14(20)8-15(21)7-12/h2-10H,1H3,(H,22,24,25). The van der Waals surface area contributed by atoms with Crippen LogP contribution in [0.1, 0.15) is 18.5 Å². The van der Waals surface area contributed by atoms with Crippen LogP contribution in [0, 0.1) is 17.5 Å². The molecule has 25 heavy (non-hydrogen) atoms. The number of halogens is 3. The second-order valence-electron chi connectivity index (χ2n) is 5.59. The van der Waals surface area contributed by atoms with Gasteiger partial charge in [-0.1, -0.05) is 12.1 Å². The predicted molar refractivity (Wildman–Crippen MR) is 86.9 cm³/mol. The Labute approximate surface area is 140 Å². The van der Waals surface area contributed by atoms with Gasteiger partial charge >= 0.3 is 5.69 Å². The molecule has 0 aliphatic heterocycles. The maximum absolute atomic E-state index is 13.4. The predicted octanol–water partition coefficient (Wildman–Crippen LogP) is 3.23. The van der Waals surface area contributed by atoms with Crippen LogP contribution in [0.15, 0.2) is 58.3 Å². The van der Waals surface area contributed by atoms with Crippen molar-refractivity contribution in [3.8, 4) is 11.1 Å². The minimum Gasteiger partial charge on any atom is -0.293 e. The number of H-pyrrole nitrogens is 1. The van der Waals surface area contributed by atoms with Gasteiger partial charge in [-0.05, 0) is 42.3 Å². The quantitative estimate of drug-likeness (QED) is 0.792. The summed E-state index contributed by atoms with van der Waals surface area (Å²) in [4.78, 5) is 26.3. The molecular formula is C18H13F3N2O2. The monoisotopic (exact) mass is 346 g/mol. The van der Waals surface area contributed by atoms with Gasteiger partial charge in [0.2, 0.25) is 0 Å². The number of rotatable bonds is 3. The first-order chi connectivity index (χ1) is 11.8. The van der Waals surface area contributed by atoms with E-state index < -0.39 is 34.7 Å². The maximum Gasteiger partial charge on any atom is 0.328 e. The fraction of sp³-hybridized carbons (Fsp3) is 0.111. The number of hydrogen-bond donors (Lipinski definition) is 1. The second-order valence-corrected chi connectivity index (χ2v) is 5.59.